The molecule has 0 aliphatic heterocycles. The quantitative estimate of drug-likeness (QED) is 0.566. The van der Waals surface area contributed by atoms with Crippen molar-refractivity contribution < 1.29 is 9.53 Å². The third kappa shape index (κ3) is 3.87. The van der Waals surface area contributed by atoms with Crippen LogP contribution >= 0.6 is 23.1 Å². The van der Waals surface area contributed by atoms with Crippen LogP contribution in [-0.4, -0.2) is 18.8 Å². The van der Waals surface area contributed by atoms with Crippen molar-refractivity contribution in [2.45, 2.75) is 25.0 Å². The van der Waals surface area contributed by atoms with E-state index in [9.17, 15) is 4.79 Å². The minimum absolute atomic E-state index is 0.113. The van der Waals surface area contributed by atoms with Gasteiger partial charge in [0, 0.05) is 4.88 Å². The molecule has 0 fully saturated rings. The van der Waals surface area contributed by atoms with Gasteiger partial charge in [-0.1, -0.05) is 19.4 Å². The molecule has 1 rings (SSSR count). The lowest BCUT2D eigenvalue weighted by Gasteiger charge is -2.11. The van der Waals surface area contributed by atoms with Crippen molar-refractivity contribution in [3.05, 3.63) is 22.4 Å². The van der Waals surface area contributed by atoms with Gasteiger partial charge in [0.05, 0.1) is 6.61 Å². The average molecular weight is 244 g/mol. The van der Waals surface area contributed by atoms with Gasteiger partial charge in [0.15, 0.2) is 0 Å². The van der Waals surface area contributed by atoms with Crippen molar-refractivity contribution >= 4 is 29.1 Å². The normalized spacial score (nSPS) is 12.4. The Bertz CT molecular complexity index is 283. The van der Waals surface area contributed by atoms with Crippen molar-refractivity contribution in [1.82, 2.24) is 0 Å². The molecule has 84 valence electrons. The lowest BCUT2D eigenvalue weighted by Crippen LogP contribution is -2.12. The average Bonchev–Trinajstić information content (AvgIpc) is 2.73. The van der Waals surface area contributed by atoms with Crippen molar-refractivity contribution in [2.75, 3.05) is 12.9 Å². The van der Waals surface area contributed by atoms with Gasteiger partial charge < -0.3 is 4.74 Å². The number of ether oxygens (including phenoxy) is 1. The minimum atomic E-state index is -0.151. The van der Waals surface area contributed by atoms with Gasteiger partial charge in [-0.3, -0.25) is 4.79 Å². The molecule has 0 spiro atoms. The van der Waals surface area contributed by atoms with Crippen molar-refractivity contribution in [2.24, 2.45) is 0 Å². The highest BCUT2D eigenvalue weighted by atomic mass is 32.2. The zero-order valence-corrected chi connectivity index (χ0v) is 10.7. The van der Waals surface area contributed by atoms with Crippen LogP contribution in [0.1, 0.15) is 29.9 Å². The predicted octanol–water partition coefficient (Wildman–Crippen LogP) is 3.50. The molecular formula is C11H16O2S2. The van der Waals surface area contributed by atoms with E-state index in [2.05, 4.69) is 6.92 Å². The third-order valence-corrected chi connectivity index (χ3v) is 4.00. The number of carbonyl (C=O) groups excluding carboxylic acids is 1. The van der Waals surface area contributed by atoms with Gasteiger partial charge in [0.1, 0.15) is 5.25 Å². The Morgan fingerprint density at radius 3 is 3.00 bits per heavy atom. The third-order valence-electron chi connectivity index (χ3n) is 1.99. The summed E-state index contributed by atoms with van der Waals surface area (Å²) in [6, 6.07) is 3.94. The Kier molecular flexibility index (Phi) is 5.79. The predicted molar refractivity (Wildman–Crippen MR) is 66.4 cm³/mol. The van der Waals surface area contributed by atoms with Crippen LogP contribution in [0.5, 0.6) is 0 Å². The maximum Gasteiger partial charge on any atom is 0.324 e. The van der Waals surface area contributed by atoms with E-state index in [0.29, 0.717) is 6.61 Å². The second-order valence-electron chi connectivity index (χ2n) is 3.15. The summed E-state index contributed by atoms with van der Waals surface area (Å²) in [7, 11) is 0. The maximum absolute atomic E-state index is 11.7. The fourth-order valence-corrected chi connectivity index (χ4v) is 2.88. The lowest BCUT2D eigenvalue weighted by molar-refractivity contribution is -0.143. The number of esters is 1. The second-order valence-corrected chi connectivity index (χ2v) is 5.07. The first-order valence-electron chi connectivity index (χ1n) is 5.02. The van der Waals surface area contributed by atoms with E-state index in [1.165, 1.54) is 11.8 Å². The zero-order chi connectivity index (χ0) is 11.1. The van der Waals surface area contributed by atoms with Crippen LogP contribution in [0.25, 0.3) is 0 Å². The zero-order valence-electron chi connectivity index (χ0n) is 9.06. The van der Waals surface area contributed by atoms with Gasteiger partial charge in [0.25, 0.3) is 0 Å². The Hall–Kier alpha value is -0.480. The van der Waals surface area contributed by atoms with Crippen LogP contribution in [0.15, 0.2) is 17.5 Å². The van der Waals surface area contributed by atoms with E-state index in [4.69, 9.17) is 4.74 Å². The van der Waals surface area contributed by atoms with E-state index < -0.39 is 0 Å². The Morgan fingerprint density at radius 1 is 1.67 bits per heavy atom. The molecule has 15 heavy (non-hydrogen) atoms. The molecular weight excluding hydrogens is 228 g/mol. The number of thioether (sulfide) groups is 1. The molecule has 4 heteroatoms. The SMILES string of the molecule is CCCCOC(=O)C(SC)c1cccs1. The smallest absolute Gasteiger partial charge is 0.324 e. The molecule has 0 radical (unpaired) electrons. The van der Waals surface area contributed by atoms with Gasteiger partial charge in [0.2, 0.25) is 0 Å². The number of hydrogen-bond donors (Lipinski definition) is 0. The highest BCUT2D eigenvalue weighted by Crippen LogP contribution is 2.31. The van der Waals surface area contributed by atoms with Crippen molar-refractivity contribution in [3.8, 4) is 0 Å². The molecule has 0 aromatic carbocycles. The molecule has 0 saturated heterocycles. The first-order valence-corrected chi connectivity index (χ1v) is 7.19. The summed E-state index contributed by atoms with van der Waals surface area (Å²) in [5.74, 6) is -0.113. The molecule has 0 bridgehead atoms. The number of carbonyl (C=O) groups is 1. The van der Waals surface area contributed by atoms with Crippen LogP contribution in [0.2, 0.25) is 0 Å². The fourth-order valence-electron chi connectivity index (χ4n) is 1.16. The monoisotopic (exact) mass is 244 g/mol. The Morgan fingerprint density at radius 2 is 2.47 bits per heavy atom. The molecule has 1 heterocycles. The summed E-state index contributed by atoms with van der Waals surface area (Å²) >= 11 is 3.13. The van der Waals surface area contributed by atoms with Crippen LogP contribution in [0.4, 0.5) is 0 Å². The van der Waals surface area contributed by atoms with E-state index in [0.717, 1.165) is 17.7 Å². The van der Waals surface area contributed by atoms with Gasteiger partial charge in [-0.15, -0.1) is 23.1 Å². The van der Waals surface area contributed by atoms with Crippen LogP contribution in [0.3, 0.4) is 0 Å². The summed E-state index contributed by atoms with van der Waals surface area (Å²) in [5.41, 5.74) is 0. The van der Waals surface area contributed by atoms with Gasteiger partial charge in [-0.05, 0) is 24.1 Å². The number of rotatable bonds is 6. The highest BCUT2D eigenvalue weighted by Gasteiger charge is 2.21. The van der Waals surface area contributed by atoms with Gasteiger partial charge >= 0.3 is 5.97 Å². The highest BCUT2D eigenvalue weighted by molar-refractivity contribution is 7.99. The van der Waals surface area contributed by atoms with E-state index in [1.54, 1.807) is 11.3 Å². The van der Waals surface area contributed by atoms with Crippen LogP contribution in [0, 0.1) is 0 Å². The number of thiophene rings is 1. The molecule has 0 amide bonds. The van der Waals surface area contributed by atoms with E-state index in [1.807, 2.05) is 23.8 Å². The molecule has 1 aromatic heterocycles. The molecule has 0 aliphatic rings. The molecule has 0 saturated carbocycles. The number of hydrogen-bond acceptors (Lipinski definition) is 4. The largest absolute Gasteiger partial charge is 0.465 e. The minimum Gasteiger partial charge on any atom is -0.465 e. The Balaban J connectivity index is 2.48. The Labute approximate surface area is 99.0 Å². The van der Waals surface area contributed by atoms with Gasteiger partial charge in [-0.25, -0.2) is 0 Å². The van der Waals surface area contributed by atoms with E-state index >= 15 is 0 Å². The molecule has 1 aromatic rings. The van der Waals surface area contributed by atoms with Crippen LogP contribution < -0.4 is 0 Å². The molecule has 0 aliphatic carbocycles. The lowest BCUT2D eigenvalue weighted by atomic mass is 10.3. The van der Waals surface area contributed by atoms with Gasteiger partial charge in [-0.2, -0.15) is 0 Å². The van der Waals surface area contributed by atoms with Crippen molar-refractivity contribution in [1.29, 1.82) is 0 Å². The fraction of sp³-hybridized carbons (Fsp3) is 0.545. The second kappa shape index (κ2) is 6.90. The first-order chi connectivity index (χ1) is 7.29. The summed E-state index contributed by atoms with van der Waals surface area (Å²) in [5, 5.41) is 1.83. The molecule has 1 unspecified atom stereocenters. The van der Waals surface area contributed by atoms with Crippen molar-refractivity contribution in [3.63, 3.8) is 0 Å². The first kappa shape index (κ1) is 12.6. The molecule has 0 N–H and O–H groups in total. The molecule has 2 nitrogen and oxygen atoms in total. The summed E-state index contributed by atoms with van der Waals surface area (Å²) in [6.07, 6.45) is 3.93. The van der Waals surface area contributed by atoms with Crippen LogP contribution in [-0.2, 0) is 9.53 Å². The summed E-state index contributed by atoms with van der Waals surface area (Å²) in [6.45, 7) is 2.62. The summed E-state index contributed by atoms with van der Waals surface area (Å²) < 4.78 is 5.21. The summed E-state index contributed by atoms with van der Waals surface area (Å²) in [4.78, 5) is 12.8. The topological polar surface area (TPSA) is 26.3 Å². The van der Waals surface area contributed by atoms with E-state index in [-0.39, 0.29) is 11.2 Å². The maximum atomic E-state index is 11.7. The molecule has 1 atom stereocenters. The number of unbranched alkanes of at least 4 members (excludes halogenated alkanes) is 1. The standard InChI is InChI=1S/C11H16O2S2/c1-3-4-7-13-11(12)10(14-2)9-6-5-8-15-9/h5-6,8,10H,3-4,7H2,1-2H3.